The quantitative estimate of drug-likeness (QED) is 0.845. The number of nitrogens with zero attached hydrogens (tertiary/aromatic N) is 3. The Labute approximate surface area is 109 Å². The molecule has 18 heavy (non-hydrogen) atoms. The summed E-state index contributed by atoms with van der Waals surface area (Å²) in [6, 6.07) is 3.59. The van der Waals surface area contributed by atoms with Crippen molar-refractivity contribution < 1.29 is 9.84 Å². The van der Waals surface area contributed by atoms with Gasteiger partial charge in [0.2, 0.25) is 0 Å². The maximum absolute atomic E-state index is 9.55. The minimum Gasteiger partial charge on any atom is -0.389 e. The van der Waals surface area contributed by atoms with Crippen molar-refractivity contribution in [1.29, 1.82) is 0 Å². The number of methoxy groups -OCH3 is 1. The van der Waals surface area contributed by atoms with Crippen molar-refractivity contribution in [2.75, 3.05) is 25.6 Å². The second kappa shape index (κ2) is 5.90. The van der Waals surface area contributed by atoms with E-state index in [2.05, 4.69) is 20.5 Å². The molecule has 0 aliphatic rings. The van der Waals surface area contributed by atoms with Gasteiger partial charge in [-0.3, -0.25) is 4.98 Å². The van der Waals surface area contributed by atoms with E-state index in [4.69, 9.17) is 16.3 Å². The molecule has 96 valence electrons. The molecule has 2 rings (SSSR count). The highest BCUT2D eigenvalue weighted by atomic mass is 35.5. The first-order valence-corrected chi connectivity index (χ1v) is 5.78. The number of anilines is 1. The van der Waals surface area contributed by atoms with Crippen LogP contribution in [0.5, 0.6) is 0 Å². The predicted molar refractivity (Wildman–Crippen MR) is 68.7 cm³/mol. The van der Waals surface area contributed by atoms with E-state index in [0.29, 0.717) is 23.0 Å². The van der Waals surface area contributed by atoms with Gasteiger partial charge in [0.25, 0.3) is 0 Å². The zero-order chi connectivity index (χ0) is 13.0. The fourth-order valence-corrected chi connectivity index (χ4v) is 1.73. The van der Waals surface area contributed by atoms with E-state index < -0.39 is 6.10 Å². The first-order valence-electron chi connectivity index (χ1n) is 5.40. The Hall–Kier alpha value is -1.50. The first-order chi connectivity index (χ1) is 8.72. The Morgan fingerprint density at radius 1 is 1.50 bits per heavy atom. The van der Waals surface area contributed by atoms with Gasteiger partial charge in [-0.1, -0.05) is 11.6 Å². The Kier molecular flexibility index (Phi) is 4.24. The monoisotopic (exact) mass is 268 g/mol. The second-order valence-corrected chi connectivity index (χ2v) is 4.09. The molecule has 0 aliphatic heterocycles. The molecule has 0 amide bonds. The summed E-state index contributed by atoms with van der Waals surface area (Å²) in [4.78, 5) is 4.20. The number of hydrogen-bond acceptors (Lipinski definition) is 6. The number of halogens is 1. The minimum atomic E-state index is -0.619. The molecule has 2 aromatic heterocycles. The van der Waals surface area contributed by atoms with Gasteiger partial charge in [0.05, 0.1) is 12.7 Å². The zero-order valence-electron chi connectivity index (χ0n) is 9.80. The lowest BCUT2D eigenvalue weighted by atomic mass is 10.3. The van der Waals surface area contributed by atoms with Crippen LogP contribution in [0.25, 0.3) is 10.9 Å². The highest BCUT2D eigenvalue weighted by Gasteiger charge is 2.10. The summed E-state index contributed by atoms with van der Waals surface area (Å²) < 4.78 is 4.84. The third kappa shape index (κ3) is 2.84. The van der Waals surface area contributed by atoms with Crippen molar-refractivity contribution in [2.24, 2.45) is 0 Å². The first kappa shape index (κ1) is 12.9. The molecule has 6 nitrogen and oxygen atoms in total. The van der Waals surface area contributed by atoms with Gasteiger partial charge < -0.3 is 15.2 Å². The van der Waals surface area contributed by atoms with Crippen LogP contribution in [-0.2, 0) is 4.74 Å². The lowest BCUT2D eigenvalue weighted by molar-refractivity contribution is 0.0727. The van der Waals surface area contributed by atoms with Crippen molar-refractivity contribution in [1.82, 2.24) is 15.2 Å². The molecule has 2 N–H and O–H groups in total. The summed E-state index contributed by atoms with van der Waals surface area (Å²) in [6.07, 6.45) is 1.03. The fourth-order valence-electron chi connectivity index (χ4n) is 1.54. The van der Waals surface area contributed by atoms with Crippen LogP contribution in [-0.4, -0.2) is 46.7 Å². The number of nitrogens with one attached hydrogen (secondary N) is 1. The van der Waals surface area contributed by atoms with E-state index in [1.807, 2.05) is 6.07 Å². The maximum Gasteiger partial charge on any atom is 0.175 e. The molecule has 0 radical (unpaired) electrons. The van der Waals surface area contributed by atoms with Crippen molar-refractivity contribution in [3.05, 3.63) is 23.5 Å². The van der Waals surface area contributed by atoms with Gasteiger partial charge in [0.1, 0.15) is 5.52 Å². The molecule has 0 saturated carbocycles. The van der Waals surface area contributed by atoms with Crippen LogP contribution in [0.1, 0.15) is 0 Å². The van der Waals surface area contributed by atoms with Crippen molar-refractivity contribution >= 4 is 28.3 Å². The third-order valence-corrected chi connectivity index (χ3v) is 2.64. The lowest BCUT2D eigenvalue weighted by Crippen LogP contribution is -2.24. The third-order valence-electron chi connectivity index (χ3n) is 2.36. The van der Waals surface area contributed by atoms with Crippen LogP contribution < -0.4 is 5.32 Å². The topological polar surface area (TPSA) is 80.2 Å². The molecule has 0 aromatic carbocycles. The Balaban J connectivity index is 2.21. The molecule has 0 saturated heterocycles. The smallest absolute Gasteiger partial charge is 0.175 e. The number of hydrogen-bond donors (Lipinski definition) is 2. The fraction of sp³-hybridized carbons (Fsp3) is 0.364. The van der Waals surface area contributed by atoms with Gasteiger partial charge >= 0.3 is 0 Å². The number of aliphatic hydroxyl groups excluding tert-OH is 1. The molecule has 1 unspecified atom stereocenters. The largest absolute Gasteiger partial charge is 0.389 e. The summed E-state index contributed by atoms with van der Waals surface area (Å²) in [5, 5.41) is 21.3. The van der Waals surface area contributed by atoms with Gasteiger partial charge in [0.15, 0.2) is 11.0 Å². The number of pyridine rings is 1. The molecule has 2 aromatic rings. The highest BCUT2D eigenvalue weighted by Crippen LogP contribution is 2.23. The number of fused-ring (bicyclic) bond motifs is 1. The Morgan fingerprint density at radius 2 is 2.33 bits per heavy atom. The van der Waals surface area contributed by atoms with Crippen LogP contribution in [0.4, 0.5) is 5.82 Å². The number of aromatic nitrogens is 3. The van der Waals surface area contributed by atoms with Gasteiger partial charge in [-0.05, 0) is 12.1 Å². The molecular weight excluding hydrogens is 256 g/mol. The van der Waals surface area contributed by atoms with E-state index in [1.165, 1.54) is 7.11 Å². The average molecular weight is 269 g/mol. The summed E-state index contributed by atoms with van der Waals surface area (Å²) in [7, 11) is 1.53. The van der Waals surface area contributed by atoms with E-state index in [1.54, 1.807) is 12.3 Å². The van der Waals surface area contributed by atoms with Crippen LogP contribution >= 0.6 is 11.6 Å². The van der Waals surface area contributed by atoms with Crippen molar-refractivity contribution in [3.8, 4) is 0 Å². The Bertz CT molecular complexity index is 537. The SMILES string of the molecule is COCC(O)CNc1nnc(Cl)c2cccnc12. The van der Waals surface area contributed by atoms with Crippen LogP contribution in [0, 0.1) is 0 Å². The summed E-state index contributed by atoms with van der Waals surface area (Å²) in [5.74, 6) is 0.491. The van der Waals surface area contributed by atoms with E-state index in [9.17, 15) is 5.11 Å². The van der Waals surface area contributed by atoms with Crippen LogP contribution in [0.3, 0.4) is 0 Å². The summed E-state index contributed by atoms with van der Waals surface area (Å²) in [5.41, 5.74) is 0.627. The molecule has 0 bridgehead atoms. The standard InChI is InChI=1S/C11H13ClN4O2/c1-18-6-7(17)5-14-11-9-8(3-2-4-13-9)10(12)15-16-11/h2-4,7,17H,5-6H2,1H3,(H,14,16). The van der Waals surface area contributed by atoms with Gasteiger partial charge in [-0.2, -0.15) is 0 Å². The van der Waals surface area contributed by atoms with Crippen LogP contribution in [0.15, 0.2) is 18.3 Å². The zero-order valence-corrected chi connectivity index (χ0v) is 10.6. The van der Waals surface area contributed by atoms with Crippen molar-refractivity contribution in [3.63, 3.8) is 0 Å². The lowest BCUT2D eigenvalue weighted by Gasteiger charge is -2.12. The van der Waals surface area contributed by atoms with Gasteiger partial charge in [-0.15, -0.1) is 10.2 Å². The average Bonchev–Trinajstić information content (AvgIpc) is 2.39. The Morgan fingerprint density at radius 3 is 3.11 bits per heavy atom. The predicted octanol–water partition coefficient (Wildman–Crippen LogP) is 1.10. The van der Waals surface area contributed by atoms with E-state index >= 15 is 0 Å². The molecule has 1 atom stereocenters. The summed E-state index contributed by atoms with van der Waals surface area (Å²) >= 11 is 5.93. The summed E-state index contributed by atoms with van der Waals surface area (Å²) in [6.45, 7) is 0.551. The molecule has 0 spiro atoms. The normalized spacial score (nSPS) is 12.6. The molecule has 0 fully saturated rings. The minimum absolute atomic E-state index is 0.249. The van der Waals surface area contributed by atoms with Crippen LogP contribution in [0.2, 0.25) is 5.15 Å². The van der Waals surface area contributed by atoms with Gasteiger partial charge in [0, 0.05) is 25.2 Å². The molecule has 0 aliphatic carbocycles. The molecule has 7 heteroatoms. The maximum atomic E-state index is 9.55. The van der Waals surface area contributed by atoms with Gasteiger partial charge in [-0.25, -0.2) is 0 Å². The molecule has 2 heterocycles. The van der Waals surface area contributed by atoms with E-state index in [0.717, 1.165) is 5.39 Å². The number of ether oxygens (including phenoxy) is 1. The molecular formula is C11H13ClN4O2. The second-order valence-electron chi connectivity index (χ2n) is 3.73. The van der Waals surface area contributed by atoms with Crippen molar-refractivity contribution in [2.45, 2.75) is 6.10 Å². The number of rotatable bonds is 5. The number of aliphatic hydroxyl groups is 1. The highest BCUT2D eigenvalue weighted by molar-refractivity contribution is 6.34. The van der Waals surface area contributed by atoms with E-state index in [-0.39, 0.29) is 6.61 Å².